The van der Waals surface area contributed by atoms with Gasteiger partial charge in [0.05, 0.1) is 12.7 Å². The van der Waals surface area contributed by atoms with Crippen molar-refractivity contribution in [2.45, 2.75) is 6.54 Å². The minimum absolute atomic E-state index is 0.108. The smallest absolute Gasteiger partial charge is 0.253 e. The topological polar surface area (TPSA) is 67.0 Å². The molecular weight excluding hydrogens is 266 g/mol. The van der Waals surface area contributed by atoms with Gasteiger partial charge >= 0.3 is 0 Å². The normalized spacial score (nSPS) is 10.5. The molecule has 0 aliphatic heterocycles. The van der Waals surface area contributed by atoms with Gasteiger partial charge < -0.3 is 15.0 Å². The average molecular weight is 281 g/mol. The van der Waals surface area contributed by atoms with E-state index in [4.69, 9.17) is 4.74 Å². The molecule has 3 rings (SSSR count). The number of nitrogens with one attached hydrogen (secondary N) is 2. The third kappa shape index (κ3) is 2.72. The number of hydrogen-bond donors (Lipinski definition) is 2. The van der Waals surface area contributed by atoms with Gasteiger partial charge in [0, 0.05) is 35.9 Å². The molecule has 0 bridgehead atoms. The summed E-state index contributed by atoms with van der Waals surface area (Å²) in [5.74, 6) is 0.449. The van der Waals surface area contributed by atoms with Crippen molar-refractivity contribution in [3.05, 3.63) is 59.9 Å². The van der Waals surface area contributed by atoms with Crippen LogP contribution in [0, 0.1) is 0 Å². The number of nitrogens with zero attached hydrogens (tertiary/aromatic N) is 1. The van der Waals surface area contributed by atoms with Crippen LogP contribution in [-0.2, 0) is 6.54 Å². The summed E-state index contributed by atoms with van der Waals surface area (Å²) in [4.78, 5) is 19.4. The Hall–Kier alpha value is -2.82. The Morgan fingerprint density at radius 1 is 1.29 bits per heavy atom. The van der Waals surface area contributed by atoms with Gasteiger partial charge in [0.1, 0.15) is 0 Å². The summed E-state index contributed by atoms with van der Waals surface area (Å²) >= 11 is 0. The van der Waals surface area contributed by atoms with Crippen molar-refractivity contribution >= 4 is 16.8 Å². The Bertz CT molecular complexity index is 763. The van der Waals surface area contributed by atoms with Crippen LogP contribution in [0.15, 0.2) is 48.8 Å². The summed E-state index contributed by atoms with van der Waals surface area (Å²) < 4.78 is 5.00. The summed E-state index contributed by atoms with van der Waals surface area (Å²) in [6.07, 6.45) is 3.42. The predicted molar refractivity (Wildman–Crippen MR) is 80.3 cm³/mol. The molecule has 0 aliphatic carbocycles. The van der Waals surface area contributed by atoms with Gasteiger partial charge in [-0.3, -0.25) is 4.79 Å². The molecule has 5 heteroatoms. The molecule has 2 heterocycles. The lowest BCUT2D eigenvalue weighted by Gasteiger charge is -2.05. The van der Waals surface area contributed by atoms with Crippen LogP contribution in [0.4, 0.5) is 0 Å². The van der Waals surface area contributed by atoms with Crippen LogP contribution in [-0.4, -0.2) is 23.0 Å². The fourth-order valence-electron chi connectivity index (χ4n) is 2.17. The SMILES string of the molecule is COc1ccc(CNC(=O)c2c[nH]c3ccccc23)cn1. The fourth-order valence-corrected chi connectivity index (χ4v) is 2.17. The van der Waals surface area contributed by atoms with E-state index < -0.39 is 0 Å². The van der Waals surface area contributed by atoms with Crippen LogP contribution >= 0.6 is 0 Å². The summed E-state index contributed by atoms with van der Waals surface area (Å²) in [6.45, 7) is 0.426. The number of para-hydroxylation sites is 1. The number of amides is 1. The number of aromatic nitrogens is 2. The van der Waals surface area contributed by atoms with E-state index in [2.05, 4.69) is 15.3 Å². The number of pyridine rings is 1. The van der Waals surface area contributed by atoms with Gasteiger partial charge in [0.15, 0.2) is 0 Å². The van der Waals surface area contributed by atoms with Gasteiger partial charge in [-0.15, -0.1) is 0 Å². The first-order valence-corrected chi connectivity index (χ1v) is 6.61. The number of aromatic amines is 1. The van der Waals surface area contributed by atoms with E-state index in [0.717, 1.165) is 16.5 Å². The number of rotatable bonds is 4. The molecule has 0 atom stereocenters. The van der Waals surface area contributed by atoms with Crippen molar-refractivity contribution in [2.24, 2.45) is 0 Å². The Morgan fingerprint density at radius 3 is 2.90 bits per heavy atom. The molecule has 1 amide bonds. The molecule has 0 radical (unpaired) electrons. The highest BCUT2D eigenvalue weighted by atomic mass is 16.5. The molecule has 1 aromatic carbocycles. The first kappa shape index (κ1) is 13.2. The summed E-state index contributed by atoms with van der Waals surface area (Å²) in [5, 5.41) is 3.81. The van der Waals surface area contributed by atoms with Crippen LogP contribution in [0.1, 0.15) is 15.9 Å². The van der Waals surface area contributed by atoms with E-state index in [0.29, 0.717) is 18.0 Å². The summed E-state index contributed by atoms with van der Waals surface area (Å²) in [6, 6.07) is 11.4. The van der Waals surface area contributed by atoms with Crippen molar-refractivity contribution in [1.29, 1.82) is 0 Å². The molecule has 0 fully saturated rings. The van der Waals surface area contributed by atoms with Crippen molar-refractivity contribution in [2.75, 3.05) is 7.11 Å². The zero-order valence-corrected chi connectivity index (χ0v) is 11.6. The summed E-state index contributed by atoms with van der Waals surface area (Å²) in [5.41, 5.74) is 2.52. The quantitative estimate of drug-likeness (QED) is 0.772. The van der Waals surface area contributed by atoms with Gasteiger partial charge in [-0.25, -0.2) is 4.98 Å². The highest BCUT2D eigenvalue weighted by molar-refractivity contribution is 6.06. The van der Waals surface area contributed by atoms with Crippen LogP contribution in [0.3, 0.4) is 0 Å². The number of hydrogen-bond acceptors (Lipinski definition) is 3. The molecule has 0 unspecified atom stereocenters. The third-order valence-corrected chi connectivity index (χ3v) is 3.29. The zero-order chi connectivity index (χ0) is 14.7. The molecule has 0 saturated carbocycles. The second-order valence-electron chi connectivity index (χ2n) is 4.64. The molecule has 5 nitrogen and oxygen atoms in total. The number of methoxy groups -OCH3 is 1. The minimum Gasteiger partial charge on any atom is -0.481 e. The lowest BCUT2D eigenvalue weighted by Crippen LogP contribution is -2.22. The molecule has 3 aromatic rings. The Kier molecular flexibility index (Phi) is 3.55. The highest BCUT2D eigenvalue weighted by Gasteiger charge is 2.11. The van der Waals surface area contributed by atoms with Crippen LogP contribution < -0.4 is 10.1 Å². The number of benzene rings is 1. The lowest BCUT2D eigenvalue weighted by atomic mass is 10.1. The maximum Gasteiger partial charge on any atom is 0.253 e. The molecule has 106 valence electrons. The standard InChI is InChI=1S/C16H15N3O2/c1-21-15-7-6-11(8-18-15)9-19-16(20)13-10-17-14-5-3-2-4-12(13)14/h2-8,10,17H,9H2,1H3,(H,19,20). The number of ether oxygens (including phenoxy) is 1. The Labute approximate surface area is 122 Å². The van der Waals surface area contributed by atoms with E-state index in [9.17, 15) is 4.79 Å². The summed E-state index contributed by atoms with van der Waals surface area (Å²) in [7, 11) is 1.57. The molecule has 0 saturated heterocycles. The van der Waals surface area contributed by atoms with Gasteiger partial charge in [0.25, 0.3) is 5.91 Å². The minimum atomic E-state index is -0.108. The van der Waals surface area contributed by atoms with Gasteiger partial charge in [0.2, 0.25) is 5.88 Å². The first-order chi connectivity index (χ1) is 10.3. The number of H-pyrrole nitrogens is 1. The van der Waals surface area contributed by atoms with Gasteiger partial charge in [-0.2, -0.15) is 0 Å². The predicted octanol–water partition coefficient (Wildman–Crippen LogP) is 2.50. The molecule has 0 spiro atoms. The molecular formula is C16H15N3O2. The lowest BCUT2D eigenvalue weighted by molar-refractivity contribution is 0.0952. The number of carbonyl (C=O) groups is 1. The average Bonchev–Trinajstić information content (AvgIpc) is 2.97. The largest absolute Gasteiger partial charge is 0.481 e. The van der Waals surface area contributed by atoms with Gasteiger partial charge in [-0.1, -0.05) is 24.3 Å². The van der Waals surface area contributed by atoms with E-state index in [-0.39, 0.29) is 5.91 Å². The molecule has 2 aromatic heterocycles. The van der Waals surface area contributed by atoms with Crippen molar-refractivity contribution in [3.8, 4) is 5.88 Å². The van der Waals surface area contributed by atoms with E-state index in [1.165, 1.54) is 0 Å². The molecule has 2 N–H and O–H groups in total. The fraction of sp³-hybridized carbons (Fsp3) is 0.125. The highest BCUT2D eigenvalue weighted by Crippen LogP contribution is 2.17. The van der Waals surface area contributed by atoms with Crippen LogP contribution in [0.2, 0.25) is 0 Å². The van der Waals surface area contributed by atoms with Crippen molar-refractivity contribution in [3.63, 3.8) is 0 Å². The first-order valence-electron chi connectivity index (χ1n) is 6.61. The van der Waals surface area contributed by atoms with E-state index in [1.54, 1.807) is 25.6 Å². The molecule has 21 heavy (non-hydrogen) atoms. The van der Waals surface area contributed by atoms with Gasteiger partial charge in [-0.05, 0) is 11.6 Å². The van der Waals surface area contributed by atoms with E-state index >= 15 is 0 Å². The maximum atomic E-state index is 12.2. The van der Waals surface area contributed by atoms with E-state index in [1.807, 2.05) is 30.3 Å². The van der Waals surface area contributed by atoms with Crippen molar-refractivity contribution in [1.82, 2.24) is 15.3 Å². The van der Waals surface area contributed by atoms with Crippen LogP contribution in [0.25, 0.3) is 10.9 Å². The number of carbonyl (C=O) groups excluding carboxylic acids is 1. The third-order valence-electron chi connectivity index (χ3n) is 3.29. The maximum absolute atomic E-state index is 12.2. The van der Waals surface area contributed by atoms with Crippen LogP contribution in [0.5, 0.6) is 5.88 Å². The van der Waals surface area contributed by atoms with Crippen molar-refractivity contribution < 1.29 is 9.53 Å². The Morgan fingerprint density at radius 2 is 2.14 bits per heavy atom. The second-order valence-corrected chi connectivity index (χ2v) is 4.64. The molecule has 0 aliphatic rings. The second kappa shape index (κ2) is 5.66. The number of fused-ring (bicyclic) bond motifs is 1. The monoisotopic (exact) mass is 281 g/mol. The zero-order valence-electron chi connectivity index (χ0n) is 11.6. The Balaban J connectivity index is 1.71.